The standard InChI is InChI=1S/C12H16N2O3/c1-8-10(12(16)17)2-3-11(13-8)14-6-4-9(15)5-7-14/h2-3,9,15H,4-7H2,1H3,(H,16,17). The second-order valence-electron chi connectivity index (χ2n) is 4.33. The van der Waals surface area contributed by atoms with E-state index in [0.29, 0.717) is 5.69 Å². The van der Waals surface area contributed by atoms with E-state index < -0.39 is 5.97 Å². The van der Waals surface area contributed by atoms with Crippen LogP contribution in [0.4, 0.5) is 5.82 Å². The highest BCUT2D eigenvalue weighted by atomic mass is 16.4. The Morgan fingerprint density at radius 2 is 2.06 bits per heavy atom. The first-order valence-electron chi connectivity index (χ1n) is 5.72. The van der Waals surface area contributed by atoms with Crippen LogP contribution in [0.15, 0.2) is 12.1 Å². The summed E-state index contributed by atoms with van der Waals surface area (Å²) in [6.07, 6.45) is 1.26. The molecule has 1 aliphatic rings. The van der Waals surface area contributed by atoms with Crippen molar-refractivity contribution in [3.63, 3.8) is 0 Å². The SMILES string of the molecule is Cc1nc(N2CCC(O)CC2)ccc1C(=O)O. The average Bonchev–Trinajstić information content (AvgIpc) is 2.29. The number of rotatable bonds is 2. The topological polar surface area (TPSA) is 73.7 Å². The van der Waals surface area contributed by atoms with E-state index in [4.69, 9.17) is 5.11 Å². The molecular weight excluding hydrogens is 220 g/mol. The van der Waals surface area contributed by atoms with Crippen LogP contribution in [0.25, 0.3) is 0 Å². The maximum atomic E-state index is 10.9. The fourth-order valence-electron chi connectivity index (χ4n) is 2.04. The summed E-state index contributed by atoms with van der Waals surface area (Å²) in [6.45, 7) is 3.23. The smallest absolute Gasteiger partial charge is 0.337 e. The summed E-state index contributed by atoms with van der Waals surface area (Å²) in [5.74, 6) is -0.157. The molecule has 0 aromatic carbocycles. The van der Waals surface area contributed by atoms with Crippen molar-refractivity contribution in [1.29, 1.82) is 0 Å². The van der Waals surface area contributed by atoms with E-state index in [1.165, 1.54) is 0 Å². The molecule has 1 fully saturated rings. The van der Waals surface area contributed by atoms with Crippen molar-refractivity contribution in [2.24, 2.45) is 0 Å². The van der Waals surface area contributed by atoms with Gasteiger partial charge in [0.05, 0.1) is 17.4 Å². The number of pyridine rings is 1. The number of carboxylic acid groups (broad SMARTS) is 1. The van der Waals surface area contributed by atoms with Crippen molar-refractivity contribution in [3.8, 4) is 0 Å². The molecular formula is C12H16N2O3. The number of carboxylic acids is 1. The minimum atomic E-state index is -0.949. The van der Waals surface area contributed by atoms with Gasteiger partial charge in [0.2, 0.25) is 0 Å². The first kappa shape index (κ1) is 11.9. The number of aromatic carboxylic acids is 1. The molecule has 0 amide bonds. The molecule has 17 heavy (non-hydrogen) atoms. The van der Waals surface area contributed by atoms with Crippen molar-refractivity contribution in [1.82, 2.24) is 4.98 Å². The van der Waals surface area contributed by atoms with Gasteiger partial charge in [-0.15, -0.1) is 0 Å². The molecule has 5 nitrogen and oxygen atoms in total. The van der Waals surface area contributed by atoms with Gasteiger partial charge in [0.15, 0.2) is 0 Å². The maximum Gasteiger partial charge on any atom is 0.337 e. The van der Waals surface area contributed by atoms with E-state index in [1.54, 1.807) is 19.1 Å². The fraction of sp³-hybridized carbons (Fsp3) is 0.500. The van der Waals surface area contributed by atoms with E-state index in [2.05, 4.69) is 9.88 Å². The molecule has 1 aromatic heterocycles. The number of piperidine rings is 1. The molecule has 0 unspecified atom stereocenters. The van der Waals surface area contributed by atoms with Crippen LogP contribution >= 0.6 is 0 Å². The second-order valence-corrected chi connectivity index (χ2v) is 4.33. The molecule has 2 N–H and O–H groups in total. The van der Waals surface area contributed by atoms with Gasteiger partial charge in [-0.05, 0) is 31.9 Å². The van der Waals surface area contributed by atoms with Gasteiger partial charge in [0.1, 0.15) is 5.82 Å². The van der Waals surface area contributed by atoms with Crippen LogP contribution in [0, 0.1) is 6.92 Å². The monoisotopic (exact) mass is 236 g/mol. The molecule has 5 heteroatoms. The van der Waals surface area contributed by atoms with Gasteiger partial charge in [0.25, 0.3) is 0 Å². The Balaban J connectivity index is 2.17. The summed E-state index contributed by atoms with van der Waals surface area (Å²) < 4.78 is 0. The van der Waals surface area contributed by atoms with Crippen LogP contribution in [0.2, 0.25) is 0 Å². The van der Waals surface area contributed by atoms with Crippen LogP contribution in [0.3, 0.4) is 0 Å². The van der Waals surface area contributed by atoms with Gasteiger partial charge < -0.3 is 15.1 Å². The third kappa shape index (κ3) is 2.55. The van der Waals surface area contributed by atoms with Crippen LogP contribution in [0.1, 0.15) is 28.9 Å². The zero-order valence-corrected chi connectivity index (χ0v) is 9.76. The van der Waals surface area contributed by atoms with Crippen LogP contribution in [0.5, 0.6) is 0 Å². The van der Waals surface area contributed by atoms with Gasteiger partial charge >= 0.3 is 5.97 Å². The number of anilines is 1. The third-order valence-corrected chi connectivity index (χ3v) is 3.09. The molecule has 2 rings (SSSR count). The first-order chi connectivity index (χ1) is 8.08. The Bertz CT molecular complexity index is 426. The number of hydrogen-bond donors (Lipinski definition) is 2. The maximum absolute atomic E-state index is 10.9. The van der Waals surface area contributed by atoms with Gasteiger partial charge in [-0.25, -0.2) is 9.78 Å². The van der Waals surface area contributed by atoms with E-state index in [9.17, 15) is 9.90 Å². The zero-order valence-electron chi connectivity index (χ0n) is 9.76. The fourth-order valence-corrected chi connectivity index (χ4v) is 2.04. The van der Waals surface area contributed by atoms with Gasteiger partial charge in [-0.1, -0.05) is 0 Å². The molecule has 0 aliphatic carbocycles. The van der Waals surface area contributed by atoms with Crippen molar-refractivity contribution in [2.75, 3.05) is 18.0 Å². The Labute approximate surface area is 99.7 Å². The number of nitrogens with zero attached hydrogens (tertiary/aromatic N) is 2. The quantitative estimate of drug-likeness (QED) is 0.803. The highest BCUT2D eigenvalue weighted by Crippen LogP contribution is 2.19. The molecule has 0 saturated carbocycles. The summed E-state index contributed by atoms with van der Waals surface area (Å²) in [4.78, 5) is 17.2. The molecule has 1 saturated heterocycles. The lowest BCUT2D eigenvalue weighted by Crippen LogP contribution is -2.36. The molecule has 1 aliphatic heterocycles. The number of aliphatic hydroxyl groups is 1. The lowest BCUT2D eigenvalue weighted by atomic mass is 10.1. The molecule has 0 spiro atoms. The molecule has 92 valence electrons. The van der Waals surface area contributed by atoms with Crippen molar-refractivity contribution < 1.29 is 15.0 Å². The van der Waals surface area contributed by atoms with Crippen molar-refractivity contribution >= 4 is 11.8 Å². The van der Waals surface area contributed by atoms with Crippen molar-refractivity contribution in [3.05, 3.63) is 23.4 Å². The zero-order chi connectivity index (χ0) is 12.4. The van der Waals surface area contributed by atoms with Gasteiger partial charge in [-0.3, -0.25) is 0 Å². The summed E-state index contributed by atoms with van der Waals surface area (Å²) >= 11 is 0. The number of aryl methyl sites for hydroxylation is 1. The third-order valence-electron chi connectivity index (χ3n) is 3.09. The van der Waals surface area contributed by atoms with E-state index >= 15 is 0 Å². The van der Waals surface area contributed by atoms with Crippen molar-refractivity contribution in [2.45, 2.75) is 25.9 Å². The molecule has 0 radical (unpaired) electrons. The van der Waals surface area contributed by atoms with Crippen LogP contribution in [-0.4, -0.2) is 40.4 Å². The largest absolute Gasteiger partial charge is 0.478 e. The Morgan fingerprint density at radius 3 is 2.59 bits per heavy atom. The lowest BCUT2D eigenvalue weighted by Gasteiger charge is -2.30. The Hall–Kier alpha value is -1.62. The summed E-state index contributed by atoms with van der Waals surface area (Å²) in [7, 11) is 0. The van der Waals surface area contributed by atoms with E-state index in [-0.39, 0.29) is 11.7 Å². The average molecular weight is 236 g/mol. The van der Waals surface area contributed by atoms with Gasteiger partial charge in [-0.2, -0.15) is 0 Å². The van der Waals surface area contributed by atoms with Crippen LogP contribution in [-0.2, 0) is 0 Å². The summed E-state index contributed by atoms with van der Waals surface area (Å²) in [5, 5.41) is 18.3. The summed E-state index contributed by atoms with van der Waals surface area (Å²) in [5.41, 5.74) is 0.770. The second kappa shape index (κ2) is 4.71. The molecule has 1 aromatic rings. The molecule has 2 heterocycles. The van der Waals surface area contributed by atoms with E-state index in [1.807, 2.05) is 0 Å². The Kier molecular flexibility index (Phi) is 3.28. The number of hydrogen-bond acceptors (Lipinski definition) is 4. The molecule has 0 atom stereocenters. The Morgan fingerprint density at radius 1 is 1.41 bits per heavy atom. The minimum Gasteiger partial charge on any atom is -0.478 e. The normalized spacial score (nSPS) is 17.2. The number of aliphatic hydroxyl groups excluding tert-OH is 1. The highest BCUT2D eigenvalue weighted by Gasteiger charge is 2.19. The highest BCUT2D eigenvalue weighted by molar-refractivity contribution is 5.89. The van der Waals surface area contributed by atoms with Gasteiger partial charge in [0, 0.05) is 13.1 Å². The van der Waals surface area contributed by atoms with Crippen LogP contribution < -0.4 is 4.90 Å². The first-order valence-corrected chi connectivity index (χ1v) is 5.72. The minimum absolute atomic E-state index is 0.217. The number of carbonyl (C=O) groups is 1. The lowest BCUT2D eigenvalue weighted by molar-refractivity contribution is 0.0695. The molecule has 0 bridgehead atoms. The number of aromatic nitrogens is 1. The predicted molar refractivity (Wildman–Crippen MR) is 63.4 cm³/mol. The summed E-state index contributed by atoms with van der Waals surface area (Å²) in [6, 6.07) is 3.32. The predicted octanol–water partition coefficient (Wildman–Crippen LogP) is 1.05. The van der Waals surface area contributed by atoms with E-state index in [0.717, 1.165) is 31.7 Å².